The first-order valence-electron chi connectivity index (χ1n) is 18.6. The van der Waals surface area contributed by atoms with Crippen LogP contribution >= 0.6 is 0 Å². The van der Waals surface area contributed by atoms with E-state index in [1.807, 2.05) is 42.3 Å². The zero-order valence-corrected chi connectivity index (χ0v) is 40.6. The molecule has 0 radical (unpaired) electrons. The highest BCUT2D eigenvalue weighted by Crippen LogP contribution is 2.25. The van der Waals surface area contributed by atoms with Crippen molar-refractivity contribution in [1.82, 2.24) is 8.97 Å². The number of carboxylic acid groups (broad SMARTS) is 1. The third kappa shape index (κ3) is 23.3. The van der Waals surface area contributed by atoms with Crippen molar-refractivity contribution in [3.63, 3.8) is 0 Å². The van der Waals surface area contributed by atoms with Crippen molar-refractivity contribution < 1.29 is 113 Å². The van der Waals surface area contributed by atoms with Crippen LogP contribution in [0.1, 0.15) is 41.4 Å². The minimum Gasteiger partial charge on any atom is -0.741 e. The maximum absolute atomic E-state index is 13.6. The molecule has 1 N–H and O–H groups in total. The number of nitrogens with zero attached hydrogens (tertiary/aromatic N) is 3. The summed E-state index contributed by atoms with van der Waals surface area (Å²) < 4.78 is 197. The lowest BCUT2D eigenvalue weighted by Gasteiger charge is -2.23. The van der Waals surface area contributed by atoms with Crippen LogP contribution in [0.4, 0.5) is 65.4 Å². The summed E-state index contributed by atoms with van der Waals surface area (Å²) in [5.41, 5.74) is -9.44. The maximum atomic E-state index is 13.6. The number of hydrogen-bond donors (Lipinski definition) is 1. The van der Waals surface area contributed by atoms with Crippen LogP contribution in [0, 0.1) is 29.1 Å². The zero-order valence-electron chi connectivity index (χ0n) is 39.0. The number of quaternary nitrogens is 2. The molecule has 398 valence electrons. The van der Waals surface area contributed by atoms with Crippen LogP contribution in [0.15, 0.2) is 72.8 Å². The summed E-state index contributed by atoms with van der Waals surface area (Å²) >= 11 is 0. The van der Waals surface area contributed by atoms with Gasteiger partial charge in [-0.05, 0) is 60.7 Å². The van der Waals surface area contributed by atoms with Crippen molar-refractivity contribution in [2.75, 3.05) is 82.6 Å². The number of alkyl halides is 6. The molecule has 17 nitrogen and oxygen atoms in total. The lowest BCUT2D eigenvalue weighted by atomic mass is 10.2. The molecule has 0 saturated carbocycles. The van der Waals surface area contributed by atoms with Crippen LogP contribution < -0.4 is 13.9 Å². The Labute approximate surface area is 399 Å². The fraction of sp³-hybridized carbons (Fsp3) is 0.317. The molecule has 4 rings (SSSR count). The van der Waals surface area contributed by atoms with Gasteiger partial charge in [0.1, 0.15) is 5.82 Å². The number of esters is 3. The molecule has 0 fully saturated rings. The first-order valence-corrected chi connectivity index (χ1v) is 21.4. The smallest absolute Gasteiger partial charge is 0.485 e. The summed E-state index contributed by atoms with van der Waals surface area (Å²) in [6, 6.07) is 15.4. The molecular weight excluding hydrogens is 1030 g/mol. The van der Waals surface area contributed by atoms with E-state index in [0.29, 0.717) is 26.0 Å². The molecule has 0 unspecified atom stereocenters. The van der Waals surface area contributed by atoms with Crippen molar-refractivity contribution in [3.05, 3.63) is 124 Å². The highest BCUT2D eigenvalue weighted by atomic mass is 32.2. The van der Waals surface area contributed by atoms with Gasteiger partial charge in [0.15, 0.2) is 54.9 Å². The van der Waals surface area contributed by atoms with Gasteiger partial charge in [-0.15, -0.1) is 0 Å². The Morgan fingerprint density at radius 1 is 0.493 bits per heavy atom. The van der Waals surface area contributed by atoms with E-state index in [2.05, 4.69) is 14.2 Å². The molecule has 71 heavy (non-hydrogen) atoms. The zero-order chi connectivity index (χ0) is 56.4. The molecule has 0 aliphatic rings. The lowest BCUT2D eigenvalue weighted by Crippen LogP contribution is -2.35. The van der Waals surface area contributed by atoms with Gasteiger partial charge in [-0.25, -0.2) is 58.0 Å². The second-order valence-electron chi connectivity index (χ2n) is 15.1. The van der Waals surface area contributed by atoms with E-state index < -0.39 is 84.2 Å². The fourth-order valence-electron chi connectivity index (χ4n) is 4.34. The third-order valence-corrected chi connectivity index (χ3v) is 8.90. The topological polar surface area (TPSA) is 234 Å². The molecule has 0 aliphatic carbocycles. The second-order valence-corrected chi connectivity index (χ2v) is 17.9. The van der Waals surface area contributed by atoms with E-state index in [1.165, 1.54) is 51.7 Å². The molecule has 0 heterocycles. The number of methoxy groups -OCH3 is 3. The Hall–Kier alpha value is -6.47. The minimum atomic E-state index is -6.09. The molecule has 30 heteroatoms. The number of halogens is 11. The van der Waals surface area contributed by atoms with Crippen LogP contribution in [-0.4, -0.2) is 144 Å². The number of carbonyl (C=O) groups excluding carboxylic acids is 3. The summed E-state index contributed by atoms with van der Waals surface area (Å²) in [6.07, 6.45) is 0. The van der Waals surface area contributed by atoms with Crippen molar-refractivity contribution in [1.29, 1.82) is 0 Å². The first-order chi connectivity index (χ1) is 31.9. The van der Waals surface area contributed by atoms with Gasteiger partial charge in [0.25, 0.3) is 0 Å². The second kappa shape index (κ2) is 27.2. The minimum absolute atomic E-state index is 0.00333. The average Bonchev–Trinajstić information content (AvgIpc) is 3.22. The van der Waals surface area contributed by atoms with E-state index in [4.69, 9.17) is 31.0 Å². The van der Waals surface area contributed by atoms with Gasteiger partial charge >= 0.3 is 34.9 Å². The largest absolute Gasteiger partial charge is 0.741 e. The average molecular weight is 1080 g/mol. The van der Waals surface area contributed by atoms with Gasteiger partial charge in [0.2, 0.25) is 0 Å². The van der Waals surface area contributed by atoms with E-state index in [1.54, 1.807) is 37.2 Å². The number of rotatable bonds is 7. The molecule has 0 amide bonds. The molecule has 4 aromatic carbocycles. The van der Waals surface area contributed by atoms with Crippen LogP contribution in [-0.2, 0) is 34.4 Å². The maximum Gasteiger partial charge on any atom is 0.485 e. The van der Waals surface area contributed by atoms with E-state index in [-0.39, 0.29) is 22.3 Å². The van der Waals surface area contributed by atoms with Gasteiger partial charge in [0, 0.05) is 26.2 Å². The summed E-state index contributed by atoms with van der Waals surface area (Å²) in [6.45, 7) is 0. The van der Waals surface area contributed by atoms with Crippen molar-refractivity contribution in [3.8, 4) is 0 Å². The highest BCUT2D eigenvalue weighted by molar-refractivity contribution is 7.86. The van der Waals surface area contributed by atoms with E-state index in [0.717, 1.165) is 24.3 Å². The number of aromatic carboxylic acids is 1. The third-order valence-electron chi connectivity index (χ3n) is 7.77. The number of ether oxygens (including phenoxy) is 3. The Kier molecular flexibility index (Phi) is 25.5. The van der Waals surface area contributed by atoms with E-state index >= 15 is 0 Å². The summed E-state index contributed by atoms with van der Waals surface area (Å²) in [4.78, 5) is 45.1. The Bertz CT molecular complexity index is 2650. The van der Waals surface area contributed by atoms with E-state index in [9.17, 15) is 67.5 Å². The number of benzene rings is 4. The van der Waals surface area contributed by atoms with Crippen molar-refractivity contribution >= 4 is 61.2 Å². The summed E-state index contributed by atoms with van der Waals surface area (Å²) in [7, 11) is 6.02. The number of anilines is 1. The number of carbonyl (C=O) groups is 4. The molecule has 0 spiro atoms. The van der Waals surface area contributed by atoms with Gasteiger partial charge < -0.3 is 33.3 Å². The Morgan fingerprint density at radius 2 is 0.761 bits per heavy atom. The van der Waals surface area contributed by atoms with Gasteiger partial charge in [-0.3, -0.25) is 8.97 Å². The monoisotopic (exact) mass is 1080 g/mol. The lowest BCUT2D eigenvalue weighted by molar-refractivity contribution is -0.0522. The number of hydrogen-bond acceptors (Lipinski definition) is 14. The molecule has 0 aromatic heterocycles. The van der Waals surface area contributed by atoms with Gasteiger partial charge in [-0.1, -0.05) is 0 Å². The standard InChI is InChI=1S/C11H15FNO2.2C10H12FNO2.C8H6F2O2.2CHF3O3S/c1-13(2,3)10-6-5-8(7-9(10)12)11(14)15-4;1-12(2)9-5-4-7(6-8(9)11)10(13)14-3;1-12(2,3)9-5-4-7(10(13)14)6-8(9)11;1-12-8(11)5-2-3-6(9)7(10)4-5;2*2-1(3,4)8(5,6)7/h5-7H,1-4H3;2*4-6H,1-3H3;2-4H,1H3;2*(H,5,6,7)/q+1;;;;;/p-1. The van der Waals surface area contributed by atoms with Crippen LogP contribution in [0.3, 0.4) is 0 Å². The molecule has 0 bridgehead atoms. The normalized spacial score (nSPS) is 11.3. The molecule has 4 aromatic rings. The summed E-state index contributed by atoms with van der Waals surface area (Å²) in [5, 5.41) is 8.63. The van der Waals surface area contributed by atoms with Crippen LogP contribution in [0.25, 0.3) is 0 Å². The van der Waals surface area contributed by atoms with Gasteiger partial charge in [0.05, 0.1) is 91.6 Å². The number of carboxylic acids is 1. The Morgan fingerprint density at radius 3 is 1.00 bits per heavy atom. The highest BCUT2D eigenvalue weighted by Gasteiger charge is 2.37. The van der Waals surface area contributed by atoms with Crippen molar-refractivity contribution in [2.45, 2.75) is 11.0 Å². The quantitative estimate of drug-likeness (QED) is 0.0487. The fourth-order valence-corrected chi connectivity index (χ4v) is 4.34. The molecule has 0 aliphatic heterocycles. The van der Waals surface area contributed by atoms with Gasteiger partial charge in [-0.2, -0.15) is 26.3 Å². The van der Waals surface area contributed by atoms with Crippen molar-refractivity contribution in [2.24, 2.45) is 0 Å². The summed E-state index contributed by atoms with van der Waals surface area (Å²) in [5.74, 6) is -6.22. The predicted octanol–water partition coefficient (Wildman–Crippen LogP) is 7.06. The molecule has 0 saturated heterocycles. The van der Waals surface area contributed by atoms with Crippen LogP contribution in [0.2, 0.25) is 0 Å². The first kappa shape index (κ1) is 66.6. The molecule has 0 atom stereocenters. The van der Waals surface area contributed by atoms with Crippen LogP contribution in [0.5, 0.6) is 0 Å². The molecular formula is C41H46F11N3O14S2. The Balaban J connectivity index is 0. The predicted molar refractivity (Wildman–Crippen MR) is 231 cm³/mol. The SMILES string of the molecule is COC(=O)c1ccc(F)c(F)c1.COC(=O)c1ccc(N(C)C)c(F)c1.COC(=O)c1ccc([N+](C)(C)C)c(F)c1.C[N+](C)(C)c1ccc(C(=O)O)cc1F.O=S(=O)([O-])C(F)(F)F.O=S(=O)([O-])C(F)(F)F.